The Morgan fingerprint density at radius 1 is 1.20 bits per heavy atom. The van der Waals surface area contributed by atoms with E-state index < -0.39 is 0 Å². The van der Waals surface area contributed by atoms with Crippen molar-refractivity contribution in [2.24, 2.45) is 0 Å². The van der Waals surface area contributed by atoms with E-state index in [0.29, 0.717) is 42.6 Å². The number of aromatic nitrogens is 2. The van der Waals surface area contributed by atoms with Gasteiger partial charge in [0.15, 0.2) is 11.6 Å². The second kappa shape index (κ2) is 9.43. The topological polar surface area (TPSA) is 111 Å². The number of anilines is 4. The standard InChI is InChI=1S/C17H23N5O3/c1-3-25-17(23)12-5-7-13(8-6-12)22-16-14(18)15(20-11-21-16)19-9-4-10-24-2/h5-8,11H,3-4,9-10,18H2,1-2H3,(H2,19,20,21,22). The van der Waals surface area contributed by atoms with Gasteiger partial charge in [-0.1, -0.05) is 0 Å². The quantitative estimate of drug-likeness (QED) is 0.469. The lowest BCUT2D eigenvalue weighted by Gasteiger charge is -2.12. The molecule has 134 valence electrons. The number of hydrogen-bond donors (Lipinski definition) is 3. The van der Waals surface area contributed by atoms with Crippen molar-refractivity contribution < 1.29 is 14.3 Å². The number of nitrogens with zero attached hydrogens (tertiary/aromatic N) is 2. The highest BCUT2D eigenvalue weighted by molar-refractivity contribution is 5.90. The maximum atomic E-state index is 11.7. The fraction of sp³-hybridized carbons (Fsp3) is 0.353. The first kappa shape index (κ1) is 18.5. The van der Waals surface area contributed by atoms with Crippen molar-refractivity contribution in [2.75, 3.05) is 43.2 Å². The maximum Gasteiger partial charge on any atom is 0.338 e. The first-order valence-corrected chi connectivity index (χ1v) is 8.03. The Balaban J connectivity index is 2.03. The molecule has 0 saturated carbocycles. The molecule has 2 aromatic rings. The molecule has 8 nitrogen and oxygen atoms in total. The number of rotatable bonds is 9. The van der Waals surface area contributed by atoms with Crippen LogP contribution < -0.4 is 16.4 Å². The van der Waals surface area contributed by atoms with Crippen LogP contribution in [0.1, 0.15) is 23.7 Å². The molecule has 0 unspecified atom stereocenters. The minimum atomic E-state index is -0.349. The summed E-state index contributed by atoms with van der Waals surface area (Å²) in [5, 5.41) is 6.27. The lowest BCUT2D eigenvalue weighted by molar-refractivity contribution is 0.0526. The summed E-state index contributed by atoms with van der Waals surface area (Å²) in [7, 11) is 1.66. The highest BCUT2D eigenvalue weighted by Crippen LogP contribution is 2.25. The van der Waals surface area contributed by atoms with Crippen LogP contribution in [0.15, 0.2) is 30.6 Å². The fourth-order valence-corrected chi connectivity index (χ4v) is 2.10. The van der Waals surface area contributed by atoms with Crippen molar-refractivity contribution in [2.45, 2.75) is 13.3 Å². The zero-order chi connectivity index (χ0) is 18.1. The first-order chi connectivity index (χ1) is 12.2. The monoisotopic (exact) mass is 345 g/mol. The molecule has 0 amide bonds. The Kier molecular flexibility index (Phi) is 6.97. The molecule has 0 aliphatic rings. The SMILES string of the molecule is CCOC(=O)c1ccc(Nc2ncnc(NCCCOC)c2N)cc1. The molecule has 0 radical (unpaired) electrons. The van der Waals surface area contributed by atoms with E-state index in [9.17, 15) is 4.79 Å². The van der Waals surface area contributed by atoms with Crippen molar-refractivity contribution in [3.05, 3.63) is 36.2 Å². The van der Waals surface area contributed by atoms with E-state index in [1.54, 1.807) is 38.3 Å². The summed E-state index contributed by atoms with van der Waals surface area (Å²) in [5.74, 6) is 0.711. The molecule has 4 N–H and O–H groups in total. The van der Waals surface area contributed by atoms with Crippen LogP contribution in [0.5, 0.6) is 0 Å². The van der Waals surface area contributed by atoms with Crippen LogP contribution in [0.25, 0.3) is 0 Å². The van der Waals surface area contributed by atoms with Crippen LogP contribution in [0, 0.1) is 0 Å². The number of nitrogens with one attached hydrogen (secondary N) is 2. The van der Waals surface area contributed by atoms with Gasteiger partial charge in [-0.25, -0.2) is 14.8 Å². The van der Waals surface area contributed by atoms with Crippen molar-refractivity contribution >= 4 is 29.0 Å². The predicted octanol–water partition coefficient (Wildman–Crippen LogP) is 2.43. The zero-order valence-corrected chi connectivity index (χ0v) is 14.4. The number of carbonyl (C=O) groups is 1. The number of carbonyl (C=O) groups excluding carboxylic acids is 1. The van der Waals surface area contributed by atoms with E-state index in [4.69, 9.17) is 15.2 Å². The number of esters is 1. The third kappa shape index (κ3) is 5.32. The molecule has 1 aromatic heterocycles. The largest absolute Gasteiger partial charge is 0.462 e. The number of hydrogen-bond acceptors (Lipinski definition) is 8. The van der Waals surface area contributed by atoms with Gasteiger partial charge in [-0.3, -0.25) is 0 Å². The molecule has 0 spiro atoms. The van der Waals surface area contributed by atoms with Crippen LogP contribution in [0.3, 0.4) is 0 Å². The molecule has 2 rings (SSSR count). The number of nitrogens with two attached hydrogens (primary N) is 1. The molecule has 0 fully saturated rings. The fourth-order valence-electron chi connectivity index (χ4n) is 2.10. The minimum Gasteiger partial charge on any atom is -0.462 e. The number of benzene rings is 1. The summed E-state index contributed by atoms with van der Waals surface area (Å²) >= 11 is 0. The molecule has 8 heteroatoms. The molecule has 0 atom stereocenters. The summed E-state index contributed by atoms with van der Waals surface area (Å²) in [6.07, 6.45) is 2.28. The number of nitrogen functional groups attached to an aromatic ring is 1. The third-order valence-corrected chi connectivity index (χ3v) is 3.36. The van der Waals surface area contributed by atoms with Crippen LogP contribution in [-0.4, -0.2) is 42.8 Å². The van der Waals surface area contributed by atoms with Crippen LogP contribution in [-0.2, 0) is 9.47 Å². The van der Waals surface area contributed by atoms with E-state index in [2.05, 4.69) is 20.6 Å². The van der Waals surface area contributed by atoms with Crippen molar-refractivity contribution in [1.82, 2.24) is 9.97 Å². The summed E-state index contributed by atoms with van der Waals surface area (Å²) in [5.41, 5.74) is 7.78. The summed E-state index contributed by atoms with van der Waals surface area (Å²) in [4.78, 5) is 20.0. The Morgan fingerprint density at radius 3 is 2.60 bits per heavy atom. The lowest BCUT2D eigenvalue weighted by atomic mass is 10.2. The van der Waals surface area contributed by atoms with Crippen LogP contribution in [0.4, 0.5) is 23.0 Å². The minimum absolute atomic E-state index is 0.344. The van der Waals surface area contributed by atoms with Gasteiger partial charge in [0, 0.05) is 25.9 Å². The second-order valence-electron chi connectivity index (χ2n) is 5.18. The van der Waals surface area contributed by atoms with Crippen molar-refractivity contribution in [1.29, 1.82) is 0 Å². The molecule has 0 aliphatic heterocycles. The zero-order valence-electron chi connectivity index (χ0n) is 14.4. The van der Waals surface area contributed by atoms with Gasteiger partial charge >= 0.3 is 5.97 Å². The molecule has 0 saturated heterocycles. The van der Waals surface area contributed by atoms with Crippen molar-refractivity contribution in [3.63, 3.8) is 0 Å². The molecule has 0 aliphatic carbocycles. The molecular formula is C17H23N5O3. The Morgan fingerprint density at radius 2 is 1.92 bits per heavy atom. The normalized spacial score (nSPS) is 10.3. The smallest absolute Gasteiger partial charge is 0.338 e. The average molecular weight is 345 g/mol. The number of ether oxygens (including phenoxy) is 2. The summed E-state index contributed by atoms with van der Waals surface area (Å²) in [6.45, 7) is 3.47. The van der Waals surface area contributed by atoms with E-state index in [0.717, 1.165) is 12.1 Å². The van der Waals surface area contributed by atoms with Gasteiger partial charge in [-0.15, -0.1) is 0 Å². The second-order valence-corrected chi connectivity index (χ2v) is 5.18. The van der Waals surface area contributed by atoms with E-state index >= 15 is 0 Å². The molecule has 25 heavy (non-hydrogen) atoms. The van der Waals surface area contributed by atoms with Gasteiger partial charge in [0.25, 0.3) is 0 Å². The Labute approximate surface area is 146 Å². The lowest BCUT2D eigenvalue weighted by Crippen LogP contribution is -2.10. The predicted molar refractivity (Wildman–Crippen MR) is 97.1 cm³/mol. The van der Waals surface area contributed by atoms with Gasteiger partial charge in [0.1, 0.15) is 12.0 Å². The highest BCUT2D eigenvalue weighted by Gasteiger charge is 2.09. The Bertz CT molecular complexity index is 691. The third-order valence-electron chi connectivity index (χ3n) is 3.36. The molecule has 1 aromatic carbocycles. The summed E-state index contributed by atoms with van der Waals surface area (Å²) in [6, 6.07) is 6.89. The average Bonchev–Trinajstić information content (AvgIpc) is 2.62. The molecular weight excluding hydrogens is 322 g/mol. The number of methoxy groups -OCH3 is 1. The molecule has 0 bridgehead atoms. The first-order valence-electron chi connectivity index (χ1n) is 8.03. The van der Waals surface area contributed by atoms with Gasteiger partial charge in [-0.05, 0) is 37.6 Å². The highest BCUT2D eigenvalue weighted by atomic mass is 16.5. The summed E-state index contributed by atoms with van der Waals surface area (Å²) < 4.78 is 9.96. The van der Waals surface area contributed by atoms with Gasteiger partial charge < -0.3 is 25.8 Å². The Hall–Kier alpha value is -2.87. The van der Waals surface area contributed by atoms with E-state index in [1.807, 2.05) is 0 Å². The van der Waals surface area contributed by atoms with E-state index in [1.165, 1.54) is 6.33 Å². The van der Waals surface area contributed by atoms with Crippen LogP contribution >= 0.6 is 0 Å². The maximum absolute atomic E-state index is 11.7. The van der Waals surface area contributed by atoms with Crippen molar-refractivity contribution in [3.8, 4) is 0 Å². The van der Waals surface area contributed by atoms with Gasteiger partial charge in [0.05, 0.1) is 12.2 Å². The molecule has 1 heterocycles. The van der Waals surface area contributed by atoms with Gasteiger partial charge in [-0.2, -0.15) is 0 Å². The van der Waals surface area contributed by atoms with E-state index in [-0.39, 0.29) is 5.97 Å². The van der Waals surface area contributed by atoms with Gasteiger partial charge in [0.2, 0.25) is 0 Å². The van der Waals surface area contributed by atoms with Crippen LogP contribution in [0.2, 0.25) is 0 Å².